The molecule has 0 bridgehead atoms. The molecule has 0 aromatic rings. The Morgan fingerprint density at radius 1 is 0.812 bits per heavy atom. The third kappa shape index (κ3) is 17.1. The molecule has 0 aromatic heterocycles. The zero-order chi connectivity index (χ0) is 25.1. The molecular formula is C18H31MgNO12. The molecule has 0 saturated heterocycles. The molecule has 0 aromatic carbocycles. The van der Waals surface area contributed by atoms with Gasteiger partial charge in [-0.3, -0.25) is 4.79 Å². The Balaban J connectivity index is -0.000000519. The summed E-state index contributed by atoms with van der Waals surface area (Å²) in [6.45, 7) is 4.28. The molecule has 5 atom stereocenters. The van der Waals surface area contributed by atoms with E-state index in [9.17, 15) is 34.5 Å². The fourth-order valence-corrected chi connectivity index (χ4v) is 2.16. The number of quaternary nitrogens is 1. The number of hydrogen-bond donors (Lipinski definition) is 4. The van der Waals surface area contributed by atoms with Crippen LogP contribution in [0.5, 0.6) is 0 Å². The van der Waals surface area contributed by atoms with Gasteiger partial charge in [-0.1, -0.05) is 13.8 Å². The molecule has 0 radical (unpaired) electrons. The van der Waals surface area contributed by atoms with Crippen LogP contribution in [0.15, 0.2) is 0 Å². The number of ether oxygens (including phenoxy) is 1. The minimum Gasteiger partial charge on any atom is -0.550 e. The summed E-state index contributed by atoms with van der Waals surface area (Å²) in [7, 11) is 5.75. The number of esters is 1. The Hall–Kier alpha value is -1.55. The smallest absolute Gasteiger partial charge is 0.550 e. The summed E-state index contributed by atoms with van der Waals surface area (Å²) in [5, 5.41) is 65.3. The number of likely N-dealkylation sites (N-methyl/N-ethyl adjacent to an activating group) is 1. The Morgan fingerprint density at radius 2 is 1.19 bits per heavy atom. The molecule has 0 saturated carbocycles. The van der Waals surface area contributed by atoms with Crippen LogP contribution in [-0.2, 0) is 23.9 Å². The van der Waals surface area contributed by atoms with Crippen molar-refractivity contribution in [2.24, 2.45) is 5.92 Å². The van der Waals surface area contributed by atoms with Gasteiger partial charge >= 0.3 is 29.0 Å². The van der Waals surface area contributed by atoms with Gasteiger partial charge in [-0.2, -0.15) is 0 Å². The van der Waals surface area contributed by atoms with Crippen molar-refractivity contribution >= 4 is 46.9 Å². The quantitative estimate of drug-likeness (QED) is 0.117. The molecule has 4 unspecified atom stereocenters. The predicted octanol–water partition coefficient (Wildman–Crippen LogP) is -6.66. The molecule has 0 aliphatic rings. The van der Waals surface area contributed by atoms with E-state index in [4.69, 9.17) is 25.2 Å². The van der Waals surface area contributed by atoms with E-state index in [1.54, 1.807) is 0 Å². The zero-order valence-electron chi connectivity index (χ0n) is 18.8. The summed E-state index contributed by atoms with van der Waals surface area (Å²) in [5.41, 5.74) is 0. The van der Waals surface area contributed by atoms with Gasteiger partial charge in [-0.25, -0.2) is 0 Å². The van der Waals surface area contributed by atoms with Gasteiger partial charge < -0.3 is 59.3 Å². The van der Waals surface area contributed by atoms with Crippen molar-refractivity contribution in [3.8, 4) is 0 Å². The monoisotopic (exact) mass is 477 g/mol. The number of carboxylic acid groups (broad SMARTS) is 3. The number of hydrogen-bond acceptors (Lipinski definition) is 12. The topological polar surface area (TPSA) is 228 Å². The van der Waals surface area contributed by atoms with Crippen LogP contribution in [0.2, 0.25) is 0 Å². The molecule has 182 valence electrons. The van der Waals surface area contributed by atoms with E-state index in [-0.39, 0.29) is 41.4 Å². The van der Waals surface area contributed by atoms with Crippen LogP contribution in [0.4, 0.5) is 0 Å². The SMILES string of the molecule is CC(C)CC(=O)O[C@H](CC(=O)[O-])C[N+](C)(C)C.O=C([O-])C(O)C(O)C(O)C(O)C(=O)[O-].[Mg+2]. The molecule has 0 amide bonds. The Bertz CT molecular complexity index is 583. The van der Waals surface area contributed by atoms with Crippen molar-refractivity contribution < 1.29 is 64.1 Å². The maximum absolute atomic E-state index is 11.5. The van der Waals surface area contributed by atoms with E-state index >= 15 is 0 Å². The molecule has 0 aliphatic heterocycles. The summed E-state index contributed by atoms with van der Waals surface area (Å²) in [4.78, 5) is 42.0. The molecule has 14 heteroatoms. The fraction of sp³-hybridized carbons (Fsp3) is 0.778. The van der Waals surface area contributed by atoms with Gasteiger partial charge in [0.15, 0.2) is 6.10 Å². The van der Waals surface area contributed by atoms with Crippen LogP contribution in [0.1, 0.15) is 26.7 Å². The first-order chi connectivity index (χ1) is 13.9. The van der Waals surface area contributed by atoms with Crippen LogP contribution in [0.3, 0.4) is 0 Å². The van der Waals surface area contributed by atoms with E-state index in [2.05, 4.69) is 0 Å². The predicted molar refractivity (Wildman–Crippen MR) is 102 cm³/mol. The van der Waals surface area contributed by atoms with Crippen molar-refractivity contribution in [1.29, 1.82) is 0 Å². The number of aliphatic hydroxyl groups is 4. The molecule has 0 aliphatic carbocycles. The van der Waals surface area contributed by atoms with Gasteiger partial charge in [0, 0.05) is 18.8 Å². The summed E-state index contributed by atoms with van der Waals surface area (Å²) >= 11 is 0. The second-order valence-electron chi connectivity index (χ2n) is 8.27. The first-order valence-electron chi connectivity index (χ1n) is 9.22. The van der Waals surface area contributed by atoms with Gasteiger partial charge in [0.05, 0.1) is 33.1 Å². The number of carbonyl (C=O) groups excluding carboxylic acids is 4. The largest absolute Gasteiger partial charge is 2.00 e. The zero-order valence-corrected chi connectivity index (χ0v) is 20.2. The maximum Gasteiger partial charge on any atom is 2.00 e. The van der Waals surface area contributed by atoms with E-state index in [1.165, 1.54) is 0 Å². The van der Waals surface area contributed by atoms with Crippen LogP contribution < -0.4 is 15.3 Å². The van der Waals surface area contributed by atoms with Crippen molar-refractivity contribution in [2.45, 2.75) is 57.2 Å². The normalized spacial score (nSPS) is 15.7. The van der Waals surface area contributed by atoms with Gasteiger partial charge in [-0.15, -0.1) is 0 Å². The third-order valence-electron chi connectivity index (χ3n) is 3.50. The standard InChI is InChI=1S/C12H23NO4.C6H10O8.Mg/c1-9(2)6-12(16)17-10(7-11(14)15)8-13(3,4)5;7-1(3(9)5(11)12)2(8)4(10)6(13)14;/h9-10H,6-8H2,1-5H3;1-4,7-10H,(H,11,12)(H,13,14);/q;;+2/p-2/t10-;;/m1../s1. The van der Waals surface area contributed by atoms with Crippen LogP contribution >= 0.6 is 0 Å². The number of nitrogens with zero attached hydrogens (tertiary/aromatic N) is 1. The van der Waals surface area contributed by atoms with E-state index in [0.29, 0.717) is 17.4 Å². The maximum atomic E-state index is 11.5. The average molecular weight is 478 g/mol. The summed E-state index contributed by atoms with van der Waals surface area (Å²) in [6.07, 6.45) is -10.3. The van der Waals surface area contributed by atoms with E-state index in [1.807, 2.05) is 35.0 Å². The Morgan fingerprint density at radius 3 is 1.44 bits per heavy atom. The molecule has 32 heavy (non-hydrogen) atoms. The summed E-state index contributed by atoms with van der Waals surface area (Å²) < 4.78 is 5.71. The summed E-state index contributed by atoms with van der Waals surface area (Å²) in [6, 6.07) is 0. The Kier molecular flexibility index (Phi) is 17.7. The molecule has 0 fully saturated rings. The Labute approximate surface area is 202 Å². The number of carbonyl (C=O) groups is 4. The molecule has 0 rings (SSSR count). The first-order valence-corrected chi connectivity index (χ1v) is 9.22. The van der Waals surface area contributed by atoms with Gasteiger partial charge in [0.1, 0.15) is 31.0 Å². The molecule has 0 heterocycles. The minimum absolute atomic E-state index is 0. The molecular weight excluding hydrogens is 446 g/mol. The average Bonchev–Trinajstić information content (AvgIpc) is 2.56. The van der Waals surface area contributed by atoms with Crippen molar-refractivity contribution in [1.82, 2.24) is 0 Å². The number of aliphatic hydroxyl groups excluding tert-OH is 4. The second kappa shape index (κ2) is 16.1. The molecule has 0 spiro atoms. The van der Waals surface area contributed by atoms with Crippen LogP contribution in [0.25, 0.3) is 0 Å². The van der Waals surface area contributed by atoms with Gasteiger partial charge in [-0.05, 0) is 5.92 Å². The summed E-state index contributed by atoms with van der Waals surface area (Å²) in [5.74, 6) is -5.56. The van der Waals surface area contributed by atoms with Crippen molar-refractivity contribution in [3.63, 3.8) is 0 Å². The number of aliphatic carboxylic acids is 3. The number of carboxylic acids is 3. The third-order valence-corrected chi connectivity index (χ3v) is 3.50. The first kappa shape index (κ1) is 35.0. The van der Waals surface area contributed by atoms with Crippen LogP contribution in [-0.4, -0.2) is 130 Å². The molecule has 13 nitrogen and oxygen atoms in total. The van der Waals surface area contributed by atoms with E-state index in [0.717, 1.165) is 0 Å². The molecule has 4 N–H and O–H groups in total. The fourth-order valence-electron chi connectivity index (χ4n) is 2.16. The number of rotatable bonds is 12. The van der Waals surface area contributed by atoms with Crippen molar-refractivity contribution in [2.75, 3.05) is 27.7 Å². The van der Waals surface area contributed by atoms with Crippen molar-refractivity contribution in [3.05, 3.63) is 0 Å². The second-order valence-corrected chi connectivity index (χ2v) is 8.27. The van der Waals surface area contributed by atoms with Gasteiger partial charge in [0.25, 0.3) is 0 Å². The van der Waals surface area contributed by atoms with Gasteiger partial charge in [0.2, 0.25) is 0 Å². The van der Waals surface area contributed by atoms with Crippen LogP contribution in [0, 0.1) is 5.92 Å². The van der Waals surface area contributed by atoms with E-state index < -0.39 is 48.4 Å². The minimum atomic E-state index is -2.50.